The predicted molar refractivity (Wildman–Crippen MR) is 81.5 cm³/mol. The average molecular weight is 288 g/mol. The van der Waals surface area contributed by atoms with Crippen LogP contribution in [0.4, 0.5) is 5.95 Å². The van der Waals surface area contributed by atoms with Gasteiger partial charge >= 0.3 is 0 Å². The van der Waals surface area contributed by atoms with Crippen molar-refractivity contribution in [3.05, 3.63) is 52.8 Å². The number of rotatable bonds is 3. The molecular formula is C15H14ClN3O. The maximum absolute atomic E-state index is 11.3. The molecule has 1 aromatic heterocycles. The molecule has 0 saturated heterocycles. The van der Waals surface area contributed by atoms with Crippen LogP contribution in [0.25, 0.3) is 12.2 Å². The summed E-state index contributed by atoms with van der Waals surface area (Å²) >= 11 is 5.83. The Kier molecular flexibility index (Phi) is 4.48. The normalized spacial score (nSPS) is 10.8. The van der Waals surface area contributed by atoms with Crippen molar-refractivity contribution in [3.8, 4) is 0 Å². The smallest absolute Gasteiger partial charge is 0.232 e. The fourth-order valence-electron chi connectivity index (χ4n) is 1.51. The van der Waals surface area contributed by atoms with Crippen molar-refractivity contribution in [2.75, 3.05) is 11.9 Å². The van der Waals surface area contributed by atoms with Gasteiger partial charge in [-0.15, -0.1) is 0 Å². The van der Waals surface area contributed by atoms with Crippen LogP contribution >= 0.6 is 11.6 Å². The second-order valence-electron chi connectivity index (χ2n) is 4.24. The Balaban J connectivity index is 2.19. The van der Waals surface area contributed by atoms with Crippen LogP contribution in [0, 0.1) is 0 Å². The number of carbonyl (C=O) groups is 1. The Morgan fingerprint density at radius 3 is 2.55 bits per heavy atom. The highest BCUT2D eigenvalue weighted by Gasteiger charge is 2.07. The summed E-state index contributed by atoms with van der Waals surface area (Å²) in [5.41, 5.74) is 1.76. The van der Waals surface area contributed by atoms with Gasteiger partial charge in [0, 0.05) is 25.2 Å². The number of amides is 1. The second-order valence-corrected chi connectivity index (χ2v) is 4.68. The fraction of sp³-hybridized carbons (Fsp3) is 0.133. The monoisotopic (exact) mass is 287 g/mol. The van der Waals surface area contributed by atoms with E-state index >= 15 is 0 Å². The highest BCUT2D eigenvalue weighted by molar-refractivity contribution is 6.30. The number of aromatic nitrogens is 2. The Morgan fingerprint density at radius 1 is 1.20 bits per heavy atom. The molecule has 0 atom stereocenters. The van der Waals surface area contributed by atoms with E-state index in [4.69, 9.17) is 11.6 Å². The van der Waals surface area contributed by atoms with Crippen molar-refractivity contribution in [1.29, 1.82) is 0 Å². The van der Waals surface area contributed by atoms with Gasteiger partial charge in [-0.25, -0.2) is 9.97 Å². The van der Waals surface area contributed by atoms with Gasteiger partial charge in [-0.3, -0.25) is 9.69 Å². The quantitative estimate of drug-likeness (QED) is 0.870. The van der Waals surface area contributed by atoms with Gasteiger partial charge in [-0.05, 0) is 29.8 Å². The molecule has 2 rings (SSSR count). The lowest BCUT2D eigenvalue weighted by Gasteiger charge is -2.12. The standard InChI is InChI=1S/C15H14ClN3O/c1-11(20)19(2)15-17-10-9-14(18-15)8-5-12-3-6-13(16)7-4-12/h3-10H,1-2H3. The van der Waals surface area contributed by atoms with E-state index in [0.717, 1.165) is 11.3 Å². The summed E-state index contributed by atoms with van der Waals surface area (Å²) in [7, 11) is 1.64. The lowest BCUT2D eigenvalue weighted by molar-refractivity contribution is -0.116. The van der Waals surface area contributed by atoms with Crippen molar-refractivity contribution in [2.24, 2.45) is 0 Å². The lowest BCUT2D eigenvalue weighted by atomic mass is 10.2. The van der Waals surface area contributed by atoms with Crippen LogP contribution in [0.2, 0.25) is 5.02 Å². The zero-order valence-electron chi connectivity index (χ0n) is 11.2. The van der Waals surface area contributed by atoms with Gasteiger partial charge in [0.2, 0.25) is 11.9 Å². The number of nitrogens with zero attached hydrogens (tertiary/aromatic N) is 3. The molecule has 0 fully saturated rings. The molecule has 2 aromatic rings. The number of carbonyl (C=O) groups excluding carboxylic acids is 1. The molecule has 0 aliphatic carbocycles. The largest absolute Gasteiger partial charge is 0.284 e. The molecule has 102 valence electrons. The van der Waals surface area contributed by atoms with E-state index < -0.39 is 0 Å². The van der Waals surface area contributed by atoms with Crippen LogP contribution in [-0.2, 0) is 4.79 Å². The number of halogens is 1. The van der Waals surface area contributed by atoms with E-state index in [1.165, 1.54) is 11.8 Å². The molecule has 0 unspecified atom stereocenters. The Bertz CT molecular complexity index is 638. The van der Waals surface area contributed by atoms with Crippen molar-refractivity contribution in [1.82, 2.24) is 9.97 Å². The first kappa shape index (κ1) is 14.2. The third-order valence-electron chi connectivity index (χ3n) is 2.75. The highest BCUT2D eigenvalue weighted by Crippen LogP contribution is 2.13. The van der Waals surface area contributed by atoms with Crippen molar-refractivity contribution >= 4 is 35.6 Å². The third-order valence-corrected chi connectivity index (χ3v) is 3.01. The van der Waals surface area contributed by atoms with Crippen molar-refractivity contribution < 1.29 is 4.79 Å². The lowest BCUT2D eigenvalue weighted by Crippen LogP contribution is -2.25. The highest BCUT2D eigenvalue weighted by atomic mass is 35.5. The van der Waals surface area contributed by atoms with E-state index in [1.54, 1.807) is 19.3 Å². The molecule has 0 saturated carbocycles. The van der Waals surface area contributed by atoms with Gasteiger partial charge in [-0.1, -0.05) is 29.8 Å². The fourth-order valence-corrected chi connectivity index (χ4v) is 1.64. The summed E-state index contributed by atoms with van der Waals surface area (Å²) in [6.45, 7) is 1.47. The van der Waals surface area contributed by atoms with Crippen molar-refractivity contribution in [3.63, 3.8) is 0 Å². The van der Waals surface area contributed by atoms with Crippen molar-refractivity contribution in [2.45, 2.75) is 6.92 Å². The molecule has 1 aromatic carbocycles. The molecule has 0 aliphatic heterocycles. The van der Waals surface area contributed by atoms with E-state index in [1.807, 2.05) is 36.4 Å². The van der Waals surface area contributed by atoms with E-state index in [-0.39, 0.29) is 5.91 Å². The van der Waals surface area contributed by atoms with Gasteiger partial charge in [-0.2, -0.15) is 0 Å². The number of anilines is 1. The molecular weight excluding hydrogens is 274 g/mol. The molecule has 4 nitrogen and oxygen atoms in total. The minimum atomic E-state index is -0.108. The number of benzene rings is 1. The molecule has 20 heavy (non-hydrogen) atoms. The molecule has 0 radical (unpaired) electrons. The van der Waals surface area contributed by atoms with E-state index in [9.17, 15) is 4.79 Å². The third kappa shape index (κ3) is 3.65. The first-order valence-corrected chi connectivity index (χ1v) is 6.45. The van der Waals surface area contributed by atoms with Gasteiger partial charge in [0.25, 0.3) is 0 Å². The maximum atomic E-state index is 11.3. The molecule has 1 heterocycles. The average Bonchev–Trinajstić information content (AvgIpc) is 2.46. The molecule has 0 bridgehead atoms. The van der Waals surface area contributed by atoms with Gasteiger partial charge in [0.15, 0.2) is 0 Å². The SMILES string of the molecule is CC(=O)N(C)c1nccc(C=Cc2ccc(Cl)cc2)n1. The Hall–Kier alpha value is -2.20. The van der Waals surface area contributed by atoms with Gasteiger partial charge in [0.05, 0.1) is 5.69 Å². The Labute approximate surface area is 122 Å². The van der Waals surface area contributed by atoms with E-state index in [2.05, 4.69) is 9.97 Å². The molecule has 0 N–H and O–H groups in total. The minimum absolute atomic E-state index is 0.108. The van der Waals surface area contributed by atoms with Gasteiger partial charge < -0.3 is 0 Å². The maximum Gasteiger partial charge on any atom is 0.232 e. The van der Waals surface area contributed by atoms with Crippen LogP contribution in [0.15, 0.2) is 36.5 Å². The topological polar surface area (TPSA) is 46.1 Å². The molecule has 5 heteroatoms. The van der Waals surface area contributed by atoms with Crippen LogP contribution < -0.4 is 4.90 Å². The van der Waals surface area contributed by atoms with Crippen LogP contribution in [-0.4, -0.2) is 22.9 Å². The van der Waals surface area contributed by atoms with E-state index in [0.29, 0.717) is 11.0 Å². The zero-order valence-corrected chi connectivity index (χ0v) is 12.0. The van der Waals surface area contributed by atoms with Crippen LogP contribution in [0.1, 0.15) is 18.2 Å². The summed E-state index contributed by atoms with van der Waals surface area (Å²) in [4.78, 5) is 21.1. The summed E-state index contributed by atoms with van der Waals surface area (Å²) in [6.07, 6.45) is 5.42. The van der Waals surface area contributed by atoms with Crippen LogP contribution in [0.3, 0.4) is 0 Å². The first-order chi connectivity index (χ1) is 9.56. The van der Waals surface area contributed by atoms with Crippen LogP contribution in [0.5, 0.6) is 0 Å². The zero-order chi connectivity index (χ0) is 14.5. The first-order valence-electron chi connectivity index (χ1n) is 6.07. The number of hydrogen-bond acceptors (Lipinski definition) is 3. The summed E-state index contributed by atoms with van der Waals surface area (Å²) in [5.74, 6) is 0.277. The number of hydrogen-bond donors (Lipinski definition) is 0. The second kappa shape index (κ2) is 6.30. The molecule has 1 amide bonds. The molecule has 0 aliphatic rings. The molecule has 0 spiro atoms. The Morgan fingerprint density at radius 2 is 1.90 bits per heavy atom. The predicted octanol–water partition coefficient (Wildman–Crippen LogP) is 3.28. The summed E-state index contributed by atoms with van der Waals surface area (Å²) < 4.78 is 0. The van der Waals surface area contributed by atoms with Gasteiger partial charge in [0.1, 0.15) is 0 Å². The summed E-state index contributed by atoms with van der Waals surface area (Å²) in [5, 5.41) is 0.703. The minimum Gasteiger partial charge on any atom is -0.284 e. The summed E-state index contributed by atoms with van der Waals surface area (Å²) in [6, 6.07) is 9.28.